The first kappa shape index (κ1) is 14.3. The SMILES string of the molecule is CCCCC12CCC(=O)C(C)=C1c1cc(F)c(N)cc1C2. The zero-order valence-electron chi connectivity index (χ0n) is 12.8. The molecule has 1 unspecified atom stereocenters. The highest BCUT2D eigenvalue weighted by Gasteiger charge is 2.45. The number of carbonyl (C=O) groups is 1. The molecule has 0 heterocycles. The number of unbranched alkanes of at least 4 members (excludes halogenated alkanes) is 1. The number of allylic oxidation sites excluding steroid dienone is 2. The van der Waals surface area contributed by atoms with E-state index in [1.54, 1.807) is 6.07 Å². The summed E-state index contributed by atoms with van der Waals surface area (Å²) in [6.45, 7) is 4.08. The van der Waals surface area contributed by atoms with E-state index in [1.807, 2.05) is 6.92 Å². The Bertz CT molecular complexity index is 647. The van der Waals surface area contributed by atoms with Crippen molar-refractivity contribution in [1.82, 2.24) is 0 Å². The number of halogens is 1. The number of anilines is 1. The Balaban J connectivity index is 2.18. The van der Waals surface area contributed by atoms with Crippen LogP contribution in [0.3, 0.4) is 0 Å². The van der Waals surface area contributed by atoms with Gasteiger partial charge in [0.2, 0.25) is 0 Å². The van der Waals surface area contributed by atoms with Crippen molar-refractivity contribution in [2.45, 2.75) is 52.4 Å². The highest BCUT2D eigenvalue weighted by atomic mass is 19.1. The molecular weight excluding hydrogens is 265 g/mol. The number of rotatable bonds is 3. The molecule has 0 amide bonds. The lowest BCUT2D eigenvalue weighted by Gasteiger charge is -2.36. The van der Waals surface area contributed by atoms with Gasteiger partial charge in [-0.25, -0.2) is 4.39 Å². The molecule has 2 N–H and O–H groups in total. The summed E-state index contributed by atoms with van der Waals surface area (Å²) in [7, 11) is 0. The molecule has 0 bridgehead atoms. The predicted molar refractivity (Wildman–Crippen MR) is 83.3 cm³/mol. The number of benzene rings is 1. The number of nitrogens with two attached hydrogens (primary N) is 1. The molecular formula is C18H22FNO. The zero-order valence-corrected chi connectivity index (χ0v) is 12.8. The molecule has 1 aromatic carbocycles. The van der Waals surface area contributed by atoms with E-state index in [4.69, 9.17) is 5.73 Å². The minimum absolute atomic E-state index is 0.0244. The summed E-state index contributed by atoms with van der Waals surface area (Å²) in [6, 6.07) is 3.30. The molecule has 0 radical (unpaired) electrons. The molecule has 3 rings (SSSR count). The summed E-state index contributed by atoms with van der Waals surface area (Å²) in [5.41, 5.74) is 9.92. The molecule has 0 saturated carbocycles. The normalized spacial score (nSPS) is 24.2. The van der Waals surface area contributed by atoms with E-state index in [1.165, 1.54) is 6.07 Å². The summed E-state index contributed by atoms with van der Waals surface area (Å²) in [5, 5.41) is 0. The largest absolute Gasteiger partial charge is 0.396 e. The molecule has 0 aliphatic heterocycles. The van der Waals surface area contributed by atoms with Gasteiger partial charge in [0.1, 0.15) is 5.82 Å². The van der Waals surface area contributed by atoms with Crippen molar-refractivity contribution in [2.24, 2.45) is 5.41 Å². The number of nitrogen functional groups attached to an aromatic ring is 1. The van der Waals surface area contributed by atoms with E-state index < -0.39 is 0 Å². The Kier molecular flexibility index (Phi) is 3.39. The smallest absolute Gasteiger partial charge is 0.158 e. The van der Waals surface area contributed by atoms with Crippen LogP contribution in [-0.4, -0.2) is 5.78 Å². The van der Waals surface area contributed by atoms with Crippen molar-refractivity contribution in [3.63, 3.8) is 0 Å². The molecule has 0 aromatic heterocycles. The number of ketones is 1. The number of hydrogen-bond donors (Lipinski definition) is 1. The lowest BCUT2D eigenvalue weighted by Crippen LogP contribution is -2.28. The van der Waals surface area contributed by atoms with Gasteiger partial charge in [0, 0.05) is 11.8 Å². The minimum Gasteiger partial charge on any atom is -0.396 e. The van der Waals surface area contributed by atoms with Gasteiger partial charge in [-0.15, -0.1) is 0 Å². The fourth-order valence-corrected chi connectivity index (χ4v) is 4.10. The van der Waals surface area contributed by atoms with Crippen molar-refractivity contribution < 1.29 is 9.18 Å². The maximum Gasteiger partial charge on any atom is 0.158 e. The van der Waals surface area contributed by atoms with Gasteiger partial charge in [0.15, 0.2) is 5.78 Å². The van der Waals surface area contributed by atoms with Gasteiger partial charge in [0.25, 0.3) is 0 Å². The monoisotopic (exact) mass is 287 g/mol. The van der Waals surface area contributed by atoms with Gasteiger partial charge >= 0.3 is 0 Å². The molecule has 0 saturated heterocycles. The number of carbonyl (C=O) groups excluding carboxylic acids is 1. The van der Waals surface area contributed by atoms with Crippen molar-refractivity contribution in [3.8, 4) is 0 Å². The van der Waals surface area contributed by atoms with Crippen LogP contribution < -0.4 is 5.73 Å². The maximum atomic E-state index is 13.9. The maximum absolute atomic E-state index is 13.9. The lowest BCUT2D eigenvalue weighted by atomic mass is 9.67. The average molecular weight is 287 g/mol. The number of fused-ring (bicyclic) bond motifs is 3. The van der Waals surface area contributed by atoms with E-state index in [-0.39, 0.29) is 22.7 Å². The van der Waals surface area contributed by atoms with Crippen LogP contribution in [0.25, 0.3) is 5.57 Å². The molecule has 21 heavy (non-hydrogen) atoms. The van der Waals surface area contributed by atoms with E-state index in [0.717, 1.165) is 54.4 Å². The summed E-state index contributed by atoms with van der Waals surface area (Å²) in [4.78, 5) is 12.1. The minimum atomic E-state index is -0.377. The summed E-state index contributed by atoms with van der Waals surface area (Å²) < 4.78 is 13.9. The Morgan fingerprint density at radius 1 is 1.38 bits per heavy atom. The van der Waals surface area contributed by atoms with Crippen LogP contribution in [0, 0.1) is 11.2 Å². The highest BCUT2D eigenvalue weighted by molar-refractivity contribution is 6.06. The third kappa shape index (κ3) is 2.10. The molecule has 0 spiro atoms. The lowest BCUT2D eigenvalue weighted by molar-refractivity contribution is -0.116. The molecule has 112 valence electrons. The van der Waals surface area contributed by atoms with Gasteiger partial charge in [-0.2, -0.15) is 0 Å². The van der Waals surface area contributed by atoms with Crippen LogP contribution in [-0.2, 0) is 11.2 Å². The van der Waals surface area contributed by atoms with Crippen LogP contribution in [0.5, 0.6) is 0 Å². The van der Waals surface area contributed by atoms with Gasteiger partial charge in [-0.1, -0.05) is 19.8 Å². The van der Waals surface area contributed by atoms with E-state index in [2.05, 4.69) is 6.92 Å². The topological polar surface area (TPSA) is 43.1 Å². The third-order valence-electron chi connectivity index (χ3n) is 5.18. The van der Waals surface area contributed by atoms with Crippen LogP contribution >= 0.6 is 0 Å². The van der Waals surface area contributed by atoms with Gasteiger partial charge in [-0.3, -0.25) is 4.79 Å². The second-order valence-corrected chi connectivity index (χ2v) is 6.51. The van der Waals surface area contributed by atoms with Crippen LogP contribution in [0.4, 0.5) is 10.1 Å². The Labute approximate surface area is 125 Å². The second-order valence-electron chi connectivity index (χ2n) is 6.51. The summed E-state index contributed by atoms with van der Waals surface area (Å²) >= 11 is 0. The molecule has 0 fully saturated rings. The molecule has 1 atom stereocenters. The van der Waals surface area contributed by atoms with E-state index in [9.17, 15) is 9.18 Å². The van der Waals surface area contributed by atoms with Crippen LogP contribution in [0.2, 0.25) is 0 Å². The molecule has 2 aliphatic carbocycles. The molecule has 2 nitrogen and oxygen atoms in total. The molecule has 2 aliphatic rings. The van der Waals surface area contributed by atoms with Gasteiger partial charge < -0.3 is 5.73 Å². The van der Waals surface area contributed by atoms with Crippen molar-refractivity contribution in [3.05, 3.63) is 34.6 Å². The Morgan fingerprint density at radius 3 is 2.86 bits per heavy atom. The fraction of sp³-hybridized carbons (Fsp3) is 0.500. The quantitative estimate of drug-likeness (QED) is 0.843. The number of hydrogen-bond acceptors (Lipinski definition) is 2. The Hall–Kier alpha value is -1.64. The highest BCUT2D eigenvalue weighted by Crippen LogP contribution is 2.56. The van der Waals surface area contributed by atoms with Crippen molar-refractivity contribution in [1.29, 1.82) is 0 Å². The zero-order chi connectivity index (χ0) is 15.2. The third-order valence-corrected chi connectivity index (χ3v) is 5.18. The van der Waals surface area contributed by atoms with Gasteiger partial charge in [0.05, 0.1) is 5.69 Å². The summed E-state index contributed by atoms with van der Waals surface area (Å²) in [5.74, 6) is -0.166. The second kappa shape index (κ2) is 4.97. The van der Waals surface area contributed by atoms with E-state index in [0.29, 0.717) is 6.42 Å². The van der Waals surface area contributed by atoms with Crippen molar-refractivity contribution in [2.75, 3.05) is 5.73 Å². The standard InChI is InChI=1S/C18H22FNO/c1-3-4-6-18-7-5-16(21)11(2)17(18)13-9-14(19)15(20)8-12(13)10-18/h8-9H,3-7,10,20H2,1-2H3. The van der Waals surface area contributed by atoms with E-state index >= 15 is 0 Å². The average Bonchev–Trinajstić information content (AvgIpc) is 2.76. The van der Waals surface area contributed by atoms with Crippen LogP contribution in [0.1, 0.15) is 57.1 Å². The van der Waals surface area contributed by atoms with Crippen molar-refractivity contribution >= 4 is 17.0 Å². The fourth-order valence-electron chi connectivity index (χ4n) is 4.10. The summed E-state index contributed by atoms with van der Waals surface area (Å²) in [6.07, 6.45) is 5.73. The number of Topliss-reactive ketones (excluding diaryl/α,β-unsaturated/α-hetero) is 1. The van der Waals surface area contributed by atoms with Gasteiger partial charge in [-0.05, 0) is 60.6 Å². The molecule has 1 aromatic rings. The first-order valence-electron chi connectivity index (χ1n) is 7.81. The first-order valence-corrected chi connectivity index (χ1v) is 7.81. The first-order chi connectivity index (χ1) is 9.98. The Morgan fingerprint density at radius 2 is 2.14 bits per heavy atom. The predicted octanol–water partition coefficient (Wildman–Crippen LogP) is 4.28. The molecule has 3 heteroatoms. The van der Waals surface area contributed by atoms with Crippen LogP contribution in [0.15, 0.2) is 17.7 Å².